The highest BCUT2D eigenvalue weighted by molar-refractivity contribution is 7.88. The van der Waals surface area contributed by atoms with Crippen molar-refractivity contribution in [2.45, 2.75) is 18.9 Å². The van der Waals surface area contributed by atoms with Crippen LogP contribution in [0.25, 0.3) is 0 Å². The largest absolute Gasteiger partial charge is 0.354 e. The highest BCUT2D eigenvalue weighted by Crippen LogP contribution is 2.22. The molecule has 0 fully saturated rings. The first-order valence-electron chi connectivity index (χ1n) is 8.29. The summed E-state index contributed by atoms with van der Waals surface area (Å²) in [5.41, 5.74) is 1.77. The predicted molar refractivity (Wildman–Crippen MR) is 105 cm³/mol. The summed E-state index contributed by atoms with van der Waals surface area (Å²) >= 11 is 5.86. The van der Waals surface area contributed by atoms with Crippen molar-refractivity contribution < 1.29 is 13.2 Å². The highest BCUT2D eigenvalue weighted by Gasteiger charge is 2.30. The van der Waals surface area contributed by atoms with Gasteiger partial charge in [0.1, 0.15) is 6.04 Å². The van der Waals surface area contributed by atoms with E-state index in [-0.39, 0.29) is 5.91 Å². The van der Waals surface area contributed by atoms with Gasteiger partial charge in [-0.2, -0.15) is 4.31 Å². The molecule has 0 aliphatic heterocycles. The van der Waals surface area contributed by atoms with Crippen molar-refractivity contribution in [1.82, 2.24) is 9.62 Å². The molecule has 0 aromatic heterocycles. The van der Waals surface area contributed by atoms with Gasteiger partial charge in [0.05, 0.1) is 6.26 Å². The average molecular weight is 395 g/mol. The number of benzene rings is 2. The van der Waals surface area contributed by atoms with Gasteiger partial charge in [-0.15, -0.1) is 0 Å². The number of sulfonamides is 1. The molecular weight excluding hydrogens is 372 g/mol. The minimum Gasteiger partial charge on any atom is -0.354 e. The molecule has 0 radical (unpaired) electrons. The molecule has 0 saturated carbocycles. The first-order valence-corrected chi connectivity index (χ1v) is 10.5. The molecule has 0 bridgehead atoms. The van der Waals surface area contributed by atoms with Crippen LogP contribution in [0, 0.1) is 0 Å². The van der Waals surface area contributed by atoms with E-state index in [0.29, 0.717) is 17.1 Å². The van der Waals surface area contributed by atoms with E-state index in [2.05, 4.69) is 5.32 Å². The summed E-state index contributed by atoms with van der Waals surface area (Å²) in [5, 5.41) is 3.54. The predicted octanol–water partition coefficient (Wildman–Crippen LogP) is 3.02. The molecule has 1 amide bonds. The Labute approximate surface area is 160 Å². The molecule has 5 nitrogen and oxygen atoms in total. The Morgan fingerprint density at radius 3 is 2.31 bits per heavy atom. The second-order valence-electron chi connectivity index (χ2n) is 6.11. The quantitative estimate of drug-likeness (QED) is 0.700. The standard InChI is InChI=1S/C19H23ClN2O3S/c1-22(26(2,24)25)18(16-8-4-3-5-9-16)19(23)21-14-6-7-15-10-12-17(20)13-11-15/h3-5,8-13,18H,6-7,14H2,1-2H3,(H,21,23)/t18-/m0/s1. The lowest BCUT2D eigenvalue weighted by Gasteiger charge is -2.25. The Morgan fingerprint density at radius 2 is 1.73 bits per heavy atom. The van der Waals surface area contributed by atoms with Gasteiger partial charge >= 0.3 is 0 Å². The first-order chi connectivity index (χ1) is 12.3. The molecule has 2 aromatic carbocycles. The normalized spacial score (nSPS) is 12.8. The molecule has 0 unspecified atom stereocenters. The minimum atomic E-state index is -3.51. The molecule has 0 heterocycles. The molecular formula is C19H23ClN2O3S. The Bertz CT molecular complexity index is 824. The highest BCUT2D eigenvalue weighted by atomic mass is 35.5. The van der Waals surface area contributed by atoms with Crippen molar-refractivity contribution in [3.05, 3.63) is 70.7 Å². The van der Waals surface area contributed by atoms with E-state index < -0.39 is 16.1 Å². The fourth-order valence-electron chi connectivity index (χ4n) is 2.61. The molecule has 1 atom stereocenters. The fourth-order valence-corrected chi connectivity index (χ4v) is 3.33. The van der Waals surface area contributed by atoms with Crippen LogP contribution >= 0.6 is 11.6 Å². The summed E-state index contributed by atoms with van der Waals surface area (Å²) in [5.74, 6) is -0.333. The van der Waals surface area contributed by atoms with Gasteiger partial charge < -0.3 is 5.32 Å². The van der Waals surface area contributed by atoms with Gasteiger partial charge in [0, 0.05) is 18.6 Å². The number of likely N-dealkylation sites (N-methyl/N-ethyl adjacent to an activating group) is 1. The summed E-state index contributed by atoms with van der Waals surface area (Å²) in [6.07, 6.45) is 2.64. The Kier molecular flexibility index (Phi) is 7.20. The van der Waals surface area contributed by atoms with Crippen LogP contribution in [0.1, 0.15) is 23.6 Å². The molecule has 7 heteroatoms. The number of nitrogens with one attached hydrogen (secondary N) is 1. The van der Waals surface area contributed by atoms with Crippen molar-refractivity contribution in [1.29, 1.82) is 0 Å². The topological polar surface area (TPSA) is 66.5 Å². The van der Waals surface area contributed by atoms with Crippen LogP contribution in [0.2, 0.25) is 5.02 Å². The SMILES string of the molecule is CN([C@H](C(=O)NCCCc1ccc(Cl)cc1)c1ccccc1)S(C)(=O)=O. The summed E-state index contributed by atoms with van der Waals surface area (Å²) in [6.45, 7) is 0.461. The molecule has 2 rings (SSSR count). The van der Waals surface area contributed by atoms with E-state index in [1.54, 1.807) is 24.3 Å². The third kappa shape index (κ3) is 5.83. The van der Waals surface area contributed by atoms with Crippen LogP contribution < -0.4 is 5.32 Å². The molecule has 0 aliphatic carbocycles. The number of rotatable bonds is 8. The van der Waals surface area contributed by atoms with Crippen molar-refractivity contribution in [3.8, 4) is 0 Å². The maximum Gasteiger partial charge on any atom is 0.242 e. The fraction of sp³-hybridized carbons (Fsp3) is 0.316. The molecule has 0 saturated heterocycles. The zero-order chi connectivity index (χ0) is 19.2. The molecule has 0 spiro atoms. The van der Waals surface area contributed by atoms with Crippen LogP contribution in [-0.2, 0) is 21.2 Å². The lowest BCUT2D eigenvalue weighted by atomic mass is 10.1. The minimum absolute atomic E-state index is 0.333. The van der Waals surface area contributed by atoms with E-state index >= 15 is 0 Å². The molecule has 1 N–H and O–H groups in total. The monoisotopic (exact) mass is 394 g/mol. The maximum absolute atomic E-state index is 12.7. The zero-order valence-corrected chi connectivity index (χ0v) is 16.4. The van der Waals surface area contributed by atoms with Gasteiger partial charge in [0.25, 0.3) is 0 Å². The summed E-state index contributed by atoms with van der Waals surface area (Å²) in [4.78, 5) is 12.7. The van der Waals surface area contributed by atoms with E-state index in [4.69, 9.17) is 11.6 Å². The van der Waals surface area contributed by atoms with E-state index in [9.17, 15) is 13.2 Å². The summed E-state index contributed by atoms with van der Waals surface area (Å²) < 4.78 is 25.0. The van der Waals surface area contributed by atoms with E-state index in [1.165, 1.54) is 7.05 Å². The number of carbonyl (C=O) groups excluding carboxylic acids is 1. The second-order valence-corrected chi connectivity index (χ2v) is 8.59. The maximum atomic E-state index is 12.7. The Balaban J connectivity index is 1.99. The van der Waals surface area contributed by atoms with Crippen molar-refractivity contribution in [3.63, 3.8) is 0 Å². The number of amides is 1. The molecule has 0 aliphatic rings. The number of halogens is 1. The van der Waals surface area contributed by atoms with Crippen LogP contribution in [0.3, 0.4) is 0 Å². The molecule has 26 heavy (non-hydrogen) atoms. The lowest BCUT2D eigenvalue weighted by molar-refractivity contribution is -0.124. The van der Waals surface area contributed by atoms with Gasteiger partial charge in [-0.1, -0.05) is 54.1 Å². The van der Waals surface area contributed by atoms with Crippen LogP contribution in [0.5, 0.6) is 0 Å². The van der Waals surface area contributed by atoms with Gasteiger partial charge in [-0.3, -0.25) is 4.79 Å². The number of hydrogen-bond acceptors (Lipinski definition) is 3. The van der Waals surface area contributed by atoms with Gasteiger partial charge in [-0.05, 0) is 36.1 Å². The number of nitrogens with zero attached hydrogens (tertiary/aromatic N) is 1. The van der Waals surface area contributed by atoms with Crippen LogP contribution in [-0.4, -0.2) is 38.5 Å². The van der Waals surface area contributed by atoms with Crippen molar-refractivity contribution in [2.75, 3.05) is 19.8 Å². The van der Waals surface area contributed by atoms with E-state index in [1.807, 2.05) is 30.3 Å². The Morgan fingerprint density at radius 1 is 1.12 bits per heavy atom. The van der Waals surface area contributed by atoms with Gasteiger partial charge in [0.2, 0.25) is 15.9 Å². The number of aryl methyl sites for hydroxylation is 1. The summed E-state index contributed by atoms with van der Waals surface area (Å²) in [7, 11) is -2.10. The second kappa shape index (κ2) is 9.16. The third-order valence-corrected chi connectivity index (χ3v) is 5.61. The van der Waals surface area contributed by atoms with Crippen molar-refractivity contribution >= 4 is 27.5 Å². The molecule has 140 valence electrons. The lowest BCUT2D eigenvalue weighted by Crippen LogP contribution is -2.41. The van der Waals surface area contributed by atoms with Crippen LogP contribution in [0.4, 0.5) is 0 Å². The third-order valence-electron chi connectivity index (χ3n) is 4.11. The van der Waals surface area contributed by atoms with E-state index in [0.717, 1.165) is 29.0 Å². The summed E-state index contributed by atoms with van der Waals surface area (Å²) in [6, 6.07) is 15.6. The van der Waals surface area contributed by atoms with Gasteiger partial charge in [-0.25, -0.2) is 8.42 Å². The molecule has 2 aromatic rings. The van der Waals surface area contributed by atoms with Crippen molar-refractivity contribution in [2.24, 2.45) is 0 Å². The van der Waals surface area contributed by atoms with Crippen LogP contribution in [0.15, 0.2) is 54.6 Å². The number of carbonyl (C=O) groups is 1. The Hall–Kier alpha value is -1.89. The number of hydrogen-bond donors (Lipinski definition) is 1. The zero-order valence-electron chi connectivity index (χ0n) is 14.9. The smallest absolute Gasteiger partial charge is 0.242 e. The first kappa shape index (κ1) is 20.4. The van der Waals surface area contributed by atoms with Gasteiger partial charge in [0.15, 0.2) is 0 Å². The average Bonchev–Trinajstić information content (AvgIpc) is 2.60.